The molecule has 8 nitrogen and oxygen atoms in total. The van der Waals surface area contributed by atoms with E-state index >= 15 is 0 Å². The molecule has 150 valence electrons. The molecule has 0 aromatic carbocycles. The number of hydrogen-bond acceptors (Lipinski definition) is 7. The average Bonchev–Trinajstić information content (AvgIpc) is 2.64. The average molecular weight is 378 g/mol. The fourth-order valence-electron chi connectivity index (χ4n) is 3.74. The Labute approximate surface area is 160 Å². The predicted octanol–water partition coefficient (Wildman–Crippen LogP) is 1.27. The van der Waals surface area contributed by atoms with Crippen LogP contribution in [0.4, 0.5) is 11.8 Å². The van der Waals surface area contributed by atoms with Gasteiger partial charge in [0.05, 0.1) is 25.2 Å². The topological polar surface area (TPSA) is 99.0 Å². The lowest BCUT2D eigenvalue weighted by Crippen LogP contribution is -2.44. The zero-order valence-electron chi connectivity index (χ0n) is 16.4. The molecule has 1 aliphatic carbocycles. The number of carboxylic acids is 1. The second-order valence-corrected chi connectivity index (χ2v) is 8.30. The second-order valence-electron chi connectivity index (χ2n) is 8.30. The van der Waals surface area contributed by atoms with E-state index in [1.54, 1.807) is 20.0 Å². The molecule has 8 heteroatoms. The first-order valence-corrected chi connectivity index (χ1v) is 9.55. The van der Waals surface area contributed by atoms with Gasteiger partial charge in [-0.3, -0.25) is 4.79 Å². The van der Waals surface area contributed by atoms with Gasteiger partial charge in [0.1, 0.15) is 5.82 Å². The van der Waals surface area contributed by atoms with Crippen molar-refractivity contribution in [2.75, 3.05) is 56.3 Å². The molecule has 0 spiro atoms. The first kappa shape index (κ1) is 19.8. The zero-order chi connectivity index (χ0) is 19.7. The molecule has 0 unspecified atom stereocenters. The van der Waals surface area contributed by atoms with Crippen LogP contribution in [0.15, 0.2) is 6.20 Å². The minimum absolute atomic E-state index is 0.0732. The summed E-state index contributed by atoms with van der Waals surface area (Å²) < 4.78 is 5.43. The molecule has 1 saturated carbocycles. The van der Waals surface area contributed by atoms with E-state index in [1.165, 1.54) is 0 Å². The minimum Gasteiger partial charge on any atom is -0.481 e. The summed E-state index contributed by atoms with van der Waals surface area (Å²) in [7, 11) is 1.93. The molecule has 2 fully saturated rings. The third kappa shape index (κ3) is 3.87. The normalized spacial score (nSPS) is 19.5. The molecular weight excluding hydrogens is 348 g/mol. The number of hydrogen-bond donors (Lipinski definition) is 2. The van der Waals surface area contributed by atoms with E-state index < -0.39 is 11.4 Å². The molecule has 27 heavy (non-hydrogen) atoms. The molecular formula is C19H30N4O4. The number of carbonyl (C=O) groups is 1. The van der Waals surface area contributed by atoms with E-state index in [2.05, 4.69) is 9.88 Å². The number of nitrogens with zero attached hydrogens (tertiary/aromatic N) is 4. The van der Waals surface area contributed by atoms with Crippen LogP contribution in [0.1, 0.15) is 38.7 Å². The van der Waals surface area contributed by atoms with Gasteiger partial charge in [-0.1, -0.05) is 6.42 Å². The molecule has 2 N–H and O–H groups in total. The monoisotopic (exact) mass is 378 g/mol. The van der Waals surface area contributed by atoms with Gasteiger partial charge in [-0.25, -0.2) is 4.98 Å². The quantitative estimate of drug-likeness (QED) is 0.732. The van der Waals surface area contributed by atoms with Crippen LogP contribution in [0.2, 0.25) is 0 Å². The van der Waals surface area contributed by atoms with Gasteiger partial charge in [-0.15, -0.1) is 0 Å². The number of aromatic nitrogens is 2. The van der Waals surface area contributed by atoms with E-state index in [-0.39, 0.29) is 12.0 Å². The van der Waals surface area contributed by atoms with Gasteiger partial charge in [0.15, 0.2) is 0 Å². The number of rotatable bonds is 7. The number of aliphatic carboxylic acids is 1. The maximum atomic E-state index is 11.8. The van der Waals surface area contributed by atoms with E-state index in [1.807, 2.05) is 11.9 Å². The standard InChI is InChI=1S/C19H30N4O4/c1-18(2,16(25)26)14-11-20-17(21-15(14)23-7-9-27-10-8-23)22(3)12-19(13-24)5-4-6-19/h11,24H,4-10,12-13H2,1-3H3,(H,25,26). The molecule has 1 saturated heterocycles. The third-order valence-corrected chi connectivity index (χ3v) is 5.94. The zero-order valence-corrected chi connectivity index (χ0v) is 16.4. The summed E-state index contributed by atoms with van der Waals surface area (Å²) in [5.74, 6) is 0.311. The molecule has 0 amide bonds. The van der Waals surface area contributed by atoms with Crippen molar-refractivity contribution in [3.8, 4) is 0 Å². The van der Waals surface area contributed by atoms with Gasteiger partial charge in [0.2, 0.25) is 5.95 Å². The third-order valence-electron chi connectivity index (χ3n) is 5.94. The molecule has 3 rings (SSSR count). The summed E-state index contributed by atoms with van der Waals surface area (Å²) >= 11 is 0. The Bertz CT molecular complexity index is 679. The summed E-state index contributed by atoms with van der Waals surface area (Å²) in [5.41, 5.74) is -0.559. The second kappa shape index (κ2) is 7.59. The van der Waals surface area contributed by atoms with Crippen molar-refractivity contribution in [3.63, 3.8) is 0 Å². The van der Waals surface area contributed by atoms with Gasteiger partial charge in [-0.2, -0.15) is 4.98 Å². The first-order valence-electron chi connectivity index (χ1n) is 9.55. The van der Waals surface area contributed by atoms with Crippen molar-refractivity contribution in [2.45, 2.75) is 38.5 Å². The Morgan fingerprint density at radius 1 is 1.37 bits per heavy atom. The minimum atomic E-state index is -1.09. The van der Waals surface area contributed by atoms with Gasteiger partial charge in [-0.05, 0) is 26.7 Å². The summed E-state index contributed by atoms with van der Waals surface area (Å²) in [6.45, 7) is 6.73. The molecule has 2 aliphatic rings. The molecule has 0 bridgehead atoms. The molecule has 1 aliphatic heterocycles. The van der Waals surface area contributed by atoms with Crippen LogP contribution in [0.25, 0.3) is 0 Å². The highest BCUT2D eigenvalue weighted by Gasteiger charge is 2.39. The lowest BCUT2D eigenvalue weighted by Gasteiger charge is -2.43. The van der Waals surface area contributed by atoms with Crippen molar-refractivity contribution in [2.24, 2.45) is 5.41 Å². The van der Waals surface area contributed by atoms with Crippen LogP contribution in [0, 0.1) is 5.41 Å². The van der Waals surface area contributed by atoms with E-state index in [4.69, 9.17) is 9.72 Å². The summed E-state index contributed by atoms with van der Waals surface area (Å²) in [5, 5.41) is 19.4. The van der Waals surface area contributed by atoms with E-state index in [0.717, 1.165) is 19.3 Å². The summed E-state index contributed by atoms with van der Waals surface area (Å²) in [4.78, 5) is 25.1. The lowest BCUT2D eigenvalue weighted by atomic mass is 9.69. The van der Waals surface area contributed by atoms with Gasteiger partial charge in [0.25, 0.3) is 0 Å². The van der Waals surface area contributed by atoms with Crippen molar-refractivity contribution < 1.29 is 19.7 Å². The number of morpholine rings is 1. The van der Waals surface area contributed by atoms with Crippen LogP contribution >= 0.6 is 0 Å². The number of aliphatic hydroxyl groups excluding tert-OH is 1. The smallest absolute Gasteiger partial charge is 0.313 e. The van der Waals surface area contributed by atoms with Gasteiger partial charge >= 0.3 is 5.97 Å². The van der Waals surface area contributed by atoms with Crippen molar-refractivity contribution >= 4 is 17.7 Å². The van der Waals surface area contributed by atoms with Crippen LogP contribution in [-0.4, -0.2) is 72.7 Å². The van der Waals surface area contributed by atoms with Crippen molar-refractivity contribution in [1.29, 1.82) is 0 Å². The lowest BCUT2D eigenvalue weighted by molar-refractivity contribution is -0.142. The Balaban J connectivity index is 1.93. The Morgan fingerprint density at radius 2 is 2.04 bits per heavy atom. The molecule has 0 radical (unpaired) electrons. The largest absolute Gasteiger partial charge is 0.481 e. The maximum Gasteiger partial charge on any atom is 0.313 e. The highest BCUT2D eigenvalue weighted by molar-refractivity contribution is 5.82. The molecule has 1 aromatic heterocycles. The molecule has 1 aromatic rings. The van der Waals surface area contributed by atoms with Gasteiger partial charge in [0, 0.05) is 43.9 Å². The SMILES string of the molecule is CN(CC1(CO)CCC1)c1ncc(C(C)(C)C(=O)O)c(N2CCOCC2)n1. The summed E-state index contributed by atoms with van der Waals surface area (Å²) in [6.07, 6.45) is 4.80. The van der Waals surface area contributed by atoms with Crippen molar-refractivity contribution in [1.82, 2.24) is 9.97 Å². The molecule has 0 atom stereocenters. The van der Waals surface area contributed by atoms with Crippen LogP contribution in [-0.2, 0) is 14.9 Å². The Morgan fingerprint density at radius 3 is 2.56 bits per heavy atom. The van der Waals surface area contributed by atoms with Crippen LogP contribution in [0.5, 0.6) is 0 Å². The fraction of sp³-hybridized carbons (Fsp3) is 0.737. The molecule has 2 heterocycles. The van der Waals surface area contributed by atoms with E-state index in [9.17, 15) is 15.0 Å². The predicted molar refractivity (Wildman–Crippen MR) is 102 cm³/mol. The maximum absolute atomic E-state index is 11.8. The Hall–Kier alpha value is -1.93. The Kier molecular flexibility index (Phi) is 5.58. The van der Waals surface area contributed by atoms with Crippen LogP contribution in [0.3, 0.4) is 0 Å². The highest BCUT2D eigenvalue weighted by atomic mass is 16.5. The number of ether oxygens (including phenoxy) is 1. The number of carboxylic acid groups (broad SMARTS) is 1. The number of anilines is 2. The summed E-state index contributed by atoms with van der Waals surface area (Å²) in [6, 6.07) is 0. The fourth-order valence-corrected chi connectivity index (χ4v) is 3.74. The van der Waals surface area contributed by atoms with Crippen LogP contribution < -0.4 is 9.80 Å². The van der Waals surface area contributed by atoms with Gasteiger partial charge < -0.3 is 24.7 Å². The first-order chi connectivity index (χ1) is 12.8. The number of aliphatic hydroxyl groups is 1. The highest BCUT2D eigenvalue weighted by Crippen LogP contribution is 2.41. The van der Waals surface area contributed by atoms with Crippen molar-refractivity contribution in [3.05, 3.63) is 11.8 Å². The van der Waals surface area contributed by atoms with E-state index in [0.29, 0.717) is 50.2 Å².